The monoisotopic (exact) mass is 386 g/mol. The maximum Gasteiger partial charge on any atom is 0.310 e. The molecule has 0 spiro atoms. The number of ether oxygens (including phenoxy) is 2. The zero-order valence-corrected chi connectivity index (χ0v) is 16.0. The highest BCUT2D eigenvalue weighted by atomic mass is 16.6. The van der Waals surface area contributed by atoms with E-state index in [-0.39, 0.29) is 11.4 Å². The van der Waals surface area contributed by atoms with E-state index in [0.717, 1.165) is 24.2 Å². The first kappa shape index (κ1) is 19.5. The highest BCUT2D eigenvalue weighted by Gasteiger charge is 2.32. The Balaban J connectivity index is 1.80. The van der Waals surface area contributed by atoms with Crippen LogP contribution in [-0.2, 0) is 11.2 Å². The van der Waals surface area contributed by atoms with Crippen LogP contribution in [-0.4, -0.2) is 36.2 Å². The molecule has 0 amide bonds. The first-order valence-electron chi connectivity index (χ1n) is 8.83. The van der Waals surface area contributed by atoms with Crippen LogP contribution in [0.4, 0.5) is 11.4 Å². The van der Waals surface area contributed by atoms with Crippen molar-refractivity contribution < 1.29 is 24.3 Å². The first-order chi connectivity index (χ1) is 13.2. The molecule has 0 radical (unpaired) electrons. The standard InChI is InChI=1S/C20H22N2O6/c1-20(2,19(23)24)12-21-9-8-13-10-15(5-6-16(13)21)28-17-7-4-14(22(25)26)11-18(17)27-3/h4-7,10-11H,8-9,12H2,1-3H3,(H,23,24). The molecule has 1 heterocycles. The third-order valence-electron chi connectivity index (χ3n) is 4.79. The van der Waals surface area contributed by atoms with Crippen molar-refractivity contribution in [3.63, 3.8) is 0 Å². The number of methoxy groups -OCH3 is 1. The Hall–Kier alpha value is -3.29. The van der Waals surface area contributed by atoms with Crippen LogP contribution in [0.1, 0.15) is 19.4 Å². The highest BCUT2D eigenvalue weighted by Crippen LogP contribution is 2.38. The Labute approximate surface area is 162 Å². The number of hydrogen-bond donors (Lipinski definition) is 1. The van der Waals surface area contributed by atoms with Crippen molar-refractivity contribution in [2.75, 3.05) is 25.1 Å². The minimum absolute atomic E-state index is 0.0742. The Morgan fingerprint density at radius 3 is 2.64 bits per heavy atom. The topological polar surface area (TPSA) is 102 Å². The van der Waals surface area contributed by atoms with Crippen molar-refractivity contribution in [2.45, 2.75) is 20.3 Å². The van der Waals surface area contributed by atoms with E-state index in [1.165, 1.54) is 25.3 Å². The van der Waals surface area contributed by atoms with Gasteiger partial charge < -0.3 is 19.5 Å². The largest absolute Gasteiger partial charge is 0.493 e. The molecule has 0 saturated heterocycles. The van der Waals surface area contributed by atoms with Gasteiger partial charge in [0.25, 0.3) is 5.69 Å². The lowest BCUT2D eigenvalue weighted by atomic mass is 9.93. The second kappa shape index (κ2) is 7.38. The minimum Gasteiger partial charge on any atom is -0.493 e. The summed E-state index contributed by atoms with van der Waals surface area (Å²) in [5.41, 5.74) is 1.15. The number of aliphatic carboxylic acids is 1. The lowest BCUT2D eigenvalue weighted by Gasteiger charge is -2.28. The number of non-ortho nitro benzene ring substituents is 1. The number of benzene rings is 2. The van der Waals surface area contributed by atoms with Crippen LogP contribution in [0.15, 0.2) is 36.4 Å². The molecule has 1 N–H and O–H groups in total. The van der Waals surface area contributed by atoms with Gasteiger partial charge in [-0.25, -0.2) is 0 Å². The number of carboxylic acids is 1. The number of rotatable bonds is 7. The van der Waals surface area contributed by atoms with Crippen LogP contribution in [0, 0.1) is 15.5 Å². The van der Waals surface area contributed by atoms with Gasteiger partial charge in [0, 0.05) is 24.8 Å². The maximum atomic E-state index is 11.4. The van der Waals surface area contributed by atoms with Crippen LogP contribution in [0.5, 0.6) is 17.2 Å². The lowest BCUT2D eigenvalue weighted by Crippen LogP contribution is -2.38. The van der Waals surface area contributed by atoms with Crippen LogP contribution in [0.2, 0.25) is 0 Å². The third-order valence-corrected chi connectivity index (χ3v) is 4.79. The van der Waals surface area contributed by atoms with Crippen molar-refractivity contribution in [1.82, 2.24) is 0 Å². The summed E-state index contributed by atoms with van der Waals surface area (Å²) in [5.74, 6) is 0.422. The number of fused-ring (bicyclic) bond motifs is 1. The number of nitrogens with zero attached hydrogens (tertiary/aromatic N) is 2. The SMILES string of the molecule is COc1cc([N+](=O)[O-])ccc1Oc1ccc2c(c1)CCN2CC(C)(C)C(=O)O. The fraction of sp³-hybridized carbons (Fsp3) is 0.350. The van der Waals surface area contributed by atoms with Gasteiger partial charge in [-0.1, -0.05) is 0 Å². The quantitative estimate of drug-likeness (QED) is 0.569. The normalized spacial score (nSPS) is 13.2. The molecular formula is C20H22N2O6. The van der Waals surface area contributed by atoms with E-state index in [9.17, 15) is 20.0 Å². The fourth-order valence-corrected chi connectivity index (χ4v) is 3.20. The summed E-state index contributed by atoms with van der Waals surface area (Å²) in [5, 5.41) is 20.3. The molecule has 8 heteroatoms. The summed E-state index contributed by atoms with van der Waals surface area (Å²) in [4.78, 5) is 23.9. The van der Waals surface area contributed by atoms with Crippen LogP contribution < -0.4 is 14.4 Å². The summed E-state index contributed by atoms with van der Waals surface area (Å²) in [6.07, 6.45) is 0.791. The van der Waals surface area contributed by atoms with E-state index in [2.05, 4.69) is 4.90 Å². The number of anilines is 1. The van der Waals surface area contributed by atoms with Crippen molar-refractivity contribution in [3.8, 4) is 17.2 Å². The summed E-state index contributed by atoms with van der Waals surface area (Å²) >= 11 is 0. The Morgan fingerprint density at radius 2 is 2.00 bits per heavy atom. The second-order valence-corrected chi connectivity index (χ2v) is 7.35. The fourth-order valence-electron chi connectivity index (χ4n) is 3.20. The maximum absolute atomic E-state index is 11.4. The predicted molar refractivity (Wildman–Crippen MR) is 103 cm³/mol. The molecule has 0 saturated carbocycles. The molecule has 28 heavy (non-hydrogen) atoms. The van der Waals surface area contributed by atoms with Crippen LogP contribution in [0.3, 0.4) is 0 Å². The zero-order valence-electron chi connectivity index (χ0n) is 16.0. The van der Waals surface area contributed by atoms with Gasteiger partial charge in [-0.15, -0.1) is 0 Å². The van der Waals surface area contributed by atoms with E-state index >= 15 is 0 Å². The molecule has 0 aromatic heterocycles. The molecule has 0 fully saturated rings. The number of carbonyl (C=O) groups is 1. The van der Waals surface area contributed by atoms with Gasteiger partial charge in [-0.3, -0.25) is 14.9 Å². The Kier molecular flexibility index (Phi) is 5.13. The van der Waals surface area contributed by atoms with Crippen LogP contribution >= 0.6 is 0 Å². The van der Waals surface area contributed by atoms with Gasteiger partial charge in [-0.2, -0.15) is 0 Å². The Morgan fingerprint density at radius 1 is 1.25 bits per heavy atom. The second-order valence-electron chi connectivity index (χ2n) is 7.35. The van der Waals surface area contributed by atoms with Crippen molar-refractivity contribution in [2.24, 2.45) is 5.41 Å². The van der Waals surface area contributed by atoms with Crippen molar-refractivity contribution >= 4 is 17.3 Å². The molecule has 1 aliphatic rings. The number of carboxylic acid groups (broad SMARTS) is 1. The van der Waals surface area contributed by atoms with Crippen molar-refractivity contribution in [3.05, 3.63) is 52.1 Å². The highest BCUT2D eigenvalue weighted by molar-refractivity contribution is 5.75. The average Bonchev–Trinajstić information content (AvgIpc) is 3.03. The van der Waals surface area contributed by atoms with Gasteiger partial charge in [0.05, 0.1) is 23.5 Å². The van der Waals surface area contributed by atoms with Gasteiger partial charge in [0.2, 0.25) is 0 Å². The van der Waals surface area contributed by atoms with Gasteiger partial charge in [0.15, 0.2) is 11.5 Å². The molecule has 2 aromatic rings. The summed E-state index contributed by atoms with van der Waals surface area (Å²) < 4.78 is 11.1. The molecule has 8 nitrogen and oxygen atoms in total. The summed E-state index contributed by atoms with van der Waals surface area (Å²) in [7, 11) is 1.43. The minimum atomic E-state index is -0.844. The number of nitro benzene ring substituents is 1. The van der Waals surface area contributed by atoms with Crippen LogP contribution in [0.25, 0.3) is 0 Å². The van der Waals surface area contributed by atoms with Gasteiger partial charge in [0.1, 0.15) is 5.75 Å². The van der Waals surface area contributed by atoms with Gasteiger partial charge in [-0.05, 0) is 50.1 Å². The third kappa shape index (κ3) is 3.85. The molecule has 148 valence electrons. The van der Waals surface area contributed by atoms with E-state index in [1.807, 2.05) is 12.1 Å². The molecule has 3 rings (SSSR count). The number of hydrogen-bond acceptors (Lipinski definition) is 6. The molecular weight excluding hydrogens is 364 g/mol. The van der Waals surface area contributed by atoms with Crippen molar-refractivity contribution in [1.29, 1.82) is 0 Å². The molecule has 0 bridgehead atoms. The smallest absolute Gasteiger partial charge is 0.310 e. The summed E-state index contributed by atoms with van der Waals surface area (Å²) in [6, 6.07) is 9.80. The van der Waals surface area contributed by atoms with Gasteiger partial charge >= 0.3 is 5.97 Å². The molecule has 0 unspecified atom stereocenters. The Bertz CT molecular complexity index is 925. The summed E-state index contributed by atoms with van der Waals surface area (Å²) in [6.45, 7) is 4.60. The van der Waals surface area contributed by atoms with E-state index in [4.69, 9.17) is 9.47 Å². The molecule has 2 aromatic carbocycles. The van der Waals surface area contributed by atoms with E-state index < -0.39 is 16.3 Å². The van der Waals surface area contributed by atoms with E-state index in [0.29, 0.717) is 18.0 Å². The van der Waals surface area contributed by atoms with E-state index in [1.54, 1.807) is 19.9 Å². The molecule has 0 aliphatic carbocycles. The first-order valence-corrected chi connectivity index (χ1v) is 8.83. The number of nitro groups is 1. The zero-order chi connectivity index (χ0) is 20.5. The molecule has 0 atom stereocenters. The average molecular weight is 386 g/mol. The predicted octanol–water partition coefficient (Wildman–Crippen LogP) is 3.87. The molecule has 1 aliphatic heterocycles. The lowest BCUT2D eigenvalue weighted by molar-refractivity contribution is -0.384.